The van der Waals surface area contributed by atoms with Gasteiger partial charge in [0.05, 0.1) is 11.4 Å². The molecule has 0 spiro atoms. The van der Waals surface area contributed by atoms with Crippen LogP contribution in [0.3, 0.4) is 0 Å². The average molecular weight is 388 g/mol. The Balaban J connectivity index is 1.82. The van der Waals surface area contributed by atoms with Crippen molar-refractivity contribution in [2.24, 2.45) is 0 Å². The van der Waals surface area contributed by atoms with Gasteiger partial charge in [0.15, 0.2) is 5.69 Å². The van der Waals surface area contributed by atoms with E-state index in [4.69, 9.17) is 5.10 Å². The van der Waals surface area contributed by atoms with Gasteiger partial charge in [-0.05, 0) is 70.2 Å². The first kappa shape index (κ1) is 15.9. The van der Waals surface area contributed by atoms with E-state index in [0.29, 0.717) is 17.5 Å². The van der Waals surface area contributed by atoms with Gasteiger partial charge in [-0.15, -0.1) is 0 Å². The molecule has 4 rings (SSSR count). The molecule has 24 heavy (non-hydrogen) atoms. The second kappa shape index (κ2) is 5.45. The Hall–Kier alpha value is -1.62. The smallest absolute Gasteiger partial charge is 0.272 e. The Morgan fingerprint density at radius 3 is 2.54 bits per heavy atom. The van der Waals surface area contributed by atoms with E-state index < -0.39 is 0 Å². The molecule has 1 fully saturated rings. The number of carbonyl (C=O) groups is 1. The van der Waals surface area contributed by atoms with E-state index in [9.17, 15) is 4.79 Å². The SMILES string of the molecule is CC(C)(C)NC(=O)c1nn(-c2ccc(Br)cc2)c2c1C1CCC2C1. The first-order chi connectivity index (χ1) is 11.3. The van der Waals surface area contributed by atoms with E-state index in [0.717, 1.165) is 10.2 Å². The molecule has 0 radical (unpaired) electrons. The minimum atomic E-state index is -0.261. The number of carbonyl (C=O) groups excluding carboxylic acids is 1. The minimum Gasteiger partial charge on any atom is -0.346 e. The molecule has 2 bridgehead atoms. The Morgan fingerprint density at radius 1 is 1.21 bits per heavy atom. The van der Waals surface area contributed by atoms with Gasteiger partial charge in [0.2, 0.25) is 0 Å². The molecule has 2 atom stereocenters. The summed E-state index contributed by atoms with van der Waals surface area (Å²) in [5, 5.41) is 7.82. The third-order valence-electron chi connectivity index (χ3n) is 4.96. The molecule has 1 heterocycles. The summed E-state index contributed by atoms with van der Waals surface area (Å²) in [6, 6.07) is 8.14. The summed E-state index contributed by atoms with van der Waals surface area (Å²) >= 11 is 3.48. The lowest BCUT2D eigenvalue weighted by Gasteiger charge is -2.20. The maximum atomic E-state index is 12.8. The molecule has 0 saturated heterocycles. The predicted molar refractivity (Wildman–Crippen MR) is 97.8 cm³/mol. The Bertz CT molecular complexity index is 801. The number of hydrogen-bond donors (Lipinski definition) is 1. The first-order valence-corrected chi connectivity index (χ1v) is 9.34. The molecule has 5 heteroatoms. The number of benzene rings is 1. The number of halogens is 1. The van der Waals surface area contributed by atoms with Crippen LogP contribution in [-0.4, -0.2) is 21.2 Å². The van der Waals surface area contributed by atoms with E-state index in [-0.39, 0.29) is 11.4 Å². The van der Waals surface area contributed by atoms with Crippen LogP contribution in [0.2, 0.25) is 0 Å². The van der Waals surface area contributed by atoms with Crippen molar-refractivity contribution in [1.82, 2.24) is 15.1 Å². The van der Waals surface area contributed by atoms with Crippen LogP contribution in [-0.2, 0) is 0 Å². The van der Waals surface area contributed by atoms with Crippen LogP contribution in [0.15, 0.2) is 28.7 Å². The summed E-state index contributed by atoms with van der Waals surface area (Å²) < 4.78 is 3.05. The highest BCUT2D eigenvalue weighted by Gasteiger charge is 2.44. The van der Waals surface area contributed by atoms with Crippen molar-refractivity contribution in [2.75, 3.05) is 0 Å². The molecule has 1 saturated carbocycles. The fraction of sp³-hybridized carbons (Fsp3) is 0.474. The molecule has 126 valence electrons. The van der Waals surface area contributed by atoms with Crippen LogP contribution >= 0.6 is 15.9 Å². The number of nitrogens with zero attached hydrogens (tertiary/aromatic N) is 2. The standard InChI is InChI=1S/C19H22BrN3O/c1-19(2,3)21-18(24)16-15-11-4-5-12(10-11)17(15)23(22-16)14-8-6-13(20)7-9-14/h6-9,11-12H,4-5,10H2,1-3H3,(H,21,24). The van der Waals surface area contributed by atoms with Gasteiger partial charge in [-0.3, -0.25) is 4.79 Å². The van der Waals surface area contributed by atoms with Crippen molar-refractivity contribution in [3.05, 3.63) is 45.7 Å². The Morgan fingerprint density at radius 2 is 1.88 bits per heavy atom. The normalized spacial score (nSPS) is 21.8. The lowest BCUT2D eigenvalue weighted by atomic mass is 9.95. The molecule has 2 aliphatic carbocycles. The molecule has 2 aromatic rings. The average Bonchev–Trinajstić information content (AvgIpc) is 3.18. The van der Waals surface area contributed by atoms with Crippen molar-refractivity contribution < 1.29 is 4.79 Å². The molecule has 1 N–H and O–H groups in total. The van der Waals surface area contributed by atoms with Crippen molar-refractivity contribution in [3.63, 3.8) is 0 Å². The fourth-order valence-electron chi connectivity index (χ4n) is 4.08. The van der Waals surface area contributed by atoms with Gasteiger partial charge in [0, 0.05) is 21.5 Å². The number of aromatic nitrogens is 2. The summed E-state index contributed by atoms with van der Waals surface area (Å²) in [5.74, 6) is 0.981. The van der Waals surface area contributed by atoms with Gasteiger partial charge in [-0.1, -0.05) is 15.9 Å². The van der Waals surface area contributed by atoms with E-state index in [1.807, 2.05) is 37.6 Å². The zero-order chi connectivity index (χ0) is 17.1. The van der Waals surface area contributed by atoms with Crippen LogP contribution in [0.5, 0.6) is 0 Å². The molecular formula is C19H22BrN3O. The molecule has 4 nitrogen and oxygen atoms in total. The maximum Gasteiger partial charge on any atom is 0.272 e. The van der Waals surface area contributed by atoms with E-state index in [2.05, 4.69) is 33.4 Å². The topological polar surface area (TPSA) is 46.9 Å². The third kappa shape index (κ3) is 2.59. The summed E-state index contributed by atoms with van der Waals surface area (Å²) in [4.78, 5) is 12.8. The van der Waals surface area contributed by atoms with Gasteiger partial charge < -0.3 is 5.32 Å². The zero-order valence-electron chi connectivity index (χ0n) is 14.3. The van der Waals surface area contributed by atoms with Gasteiger partial charge >= 0.3 is 0 Å². The largest absolute Gasteiger partial charge is 0.346 e. The van der Waals surface area contributed by atoms with Crippen LogP contribution in [0.1, 0.15) is 73.6 Å². The van der Waals surface area contributed by atoms with Gasteiger partial charge in [-0.25, -0.2) is 4.68 Å². The van der Waals surface area contributed by atoms with E-state index in [1.54, 1.807) is 0 Å². The van der Waals surface area contributed by atoms with Crippen molar-refractivity contribution >= 4 is 21.8 Å². The highest BCUT2D eigenvalue weighted by atomic mass is 79.9. The first-order valence-electron chi connectivity index (χ1n) is 8.55. The second-order valence-corrected chi connectivity index (χ2v) is 8.86. The molecule has 1 aromatic heterocycles. The quantitative estimate of drug-likeness (QED) is 0.822. The van der Waals surface area contributed by atoms with Crippen LogP contribution in [0, 0.1) is 0 Å². The zero-order valence-corrected chi connectivity index (χ0v) is 15.9. The van der Waals surface area contributed by atoms with Gasteiger partial charge in [0.25, 0.3) is 5.91 Å². The molecule has 1 amide bonds. The fourth-order valence-corrected chi connectivity index (χ4v) is 4.34. The van der Waals surface area contributed by atoms with Crippen LogP contribution in [0.4, 0.5) is 0 Å². The van der Waals surface area contributed by atoms with E-state index >= 15 is 0 Å². The lowest BCUT2D eigenvalue weighted by Crippen LogP contribution is -2.41. The Labute approximate surface area is 150 Å². The van der Waals surface area contributed by atoms with E-state index in [1.165, 1.54) is 30.5 Å². The van der Waals surface area contributed by atoms with Gasteiger partial charge in [-0.2, -0.15) is 5.10 Å². The lowest BCUT2D eigenvalue weighted by molar-refractivity contribution is 0.0912. The van der Waals surface area contributed by atoms with Crippen molar-refractivity contribution in [1.29, 1.82) is 0 Å². The molecule has 2 aliphatic rings. The van der Waals surface area contributed by atoms with Crippen LogP contribution in [0.25, 0.3) is 5.69 Å². The highest BCUT2D eigenvalue weighted by Crippen LogP contribution is 2.54. The predicted octanol–water partition coefficient (Wildman–Crippen LogP) is 4.53. The van der Waals surface area contributed by atoms with Crippen molar-refractivity contribution in [3.8, 4) is 5.69 Å². The number of fused-ring (bicyclic) bond motifs is 5. The Kier molecular flexibility index (Phi) is 3.60. The monoisotopic (exact) mass is 387 g/mol. The third-order valence-corrected chi connectivity index (χ3v) is 5.49. The highest BCUT2D eigenvalue weighted by molar-refractivity contribution is 9.10. The minimum absolute atomic E-state index is 0.0536. The summed E-state index contributed by atoms with van der Waals surface area (Å²) in [6.45, 7) is 6.01. The molecule has 0 aliphatic heterocycles. The maximum absolute atomic E-state index is 12.8. The summed E-state index contributed by atoms with van der Waals surface area (Å²) in [6.07, 6.45) is 3.55. The number of nitrogens with one attached hydrogen (secondary N) is 1. The summed E-state index contributed by atoms with van der Waals surface area (Å²) in [5.41, 5.74) is 3.83. The second-order valence-electron chi connectivity index (χ2n) is 7.95. The van der Waals surface area contributed by atoms with Gasteiger partial charge in [0.1, 0.15) is 0 Å². The number of rotatable bonds is 2. The molecule has 1 aromatic carbocycles. The molecular weight excluding hydrogens is 366 g/mol. The van der Waals surface area contributed by atoms with Crippen molar-refractivity contribution in [2.45, 2.75) is 57.4 Å². The van der Waals surface area contributed by atoms with Crippen LogP contribution < -0.4 is 5.32 Å². The summed E-state index contributed by atoms with van der Waals surface area (Å²) in [7, 11) is 0. The number of amides is 1. The molecule has 2 unspecified atom stereocenters. The number of hydrogen-bond acceptors (Lipinski definition) is 2.